The number of sulfone groups is 1. The lowest BCUT2D eigenvalue weighted by atomic mass is 10.1. The van der Waals surface area contributed by atoms with Crippen molar-refractivity contribution in [2.45, 2.75) is 9.79 Å². The van der Waals surface area contributed by atoms with Gasteiger partial charge in [-0.2, -0.15) is 0 Å². The molecule has 0 unspecified atom stereocenters. The zero-order chi connectivity index (χ0) is 21.1. The Kier molecular flexibility index (Phi) is 5.48. The highest BCUT2D eigenvalue weighted by molar-refractivity contribution is 7.91. The summed E-state index contributed by atoms with van der Waals surface area (Å²) in [4.78, 5) is 0.366. The maximum absolute atomic E-state index is 12.7. The SMILES string of the molecule is O=S(=O)(c1ccc(Cl)cc1)c1ccc(Oc2ccc(-c3ccc(O)cc3)cc2)cc1. The van der Waals surface area contributed by atoms with Gasteiger partial charge in [-0.15, -0.1) is 0 Å². The maximum atomic E-state index is 12.7. The van der Waals surface area contributed by atoms with Crippen LogP contribution in [-0.4, -0.2) is 13.5 Å². The van der Waals surface area contributed by atoms with E-state index in [9.17, 15) is 13.5 Å². The molecule has 0 aliphatic rings. The van der Waals surface area contributed by atoms with Crippen molar-refractivity contribution in [2.24, 2.45) is 0 Å². The van der Waals surface area contributed by atoms with Crippen LogP contribution in [0.25, 0.3) is 11.1 Å². The van der Waals surface area contributed by atoms with Gasteiger partial charge in [0.25, 0.3) is 0 Å². The molecule has 0 aromatic heterocycles. The molecule has 0 fully saturated rings. The molecule has 6 heteroatoms. The van der Waals surface area contributed by atoms with Gasteiger partial charge in [0.2, 0.25) is 9.84 Å². The molecule has 4 nitrogen and oxygen atoms in total. The van der Waals surface area contributed by atoms with E-state index in [0.29, 0.717) is 16.5 Å². The molecule has 0 amide bonds. The van der Waals surface area contributed by atoms with Crippen LogP contribution >= 0.6 is 11.6 Å². The molecule has 4 aromatic carbocycles. The molecule has 0 radical (unpaired) electrons. The first kappa shape index (κ1) is 20.0. The van der Waals surface area contributed by atoms with Crippen LogP contribution in [0.2, 0.25) is 5.02 Å². The van der Waals surface area contributed by atoms with E-state index in [0.717, 1.165) is 11.1 Å². The Labute approximate surface area is 179 Å². The molecule has 0 saturated carbocycles. The fourth-order valence-electron chi connectivity index (χ4n) is 2.94. The van der Waals surface area contributed by atoms with Gasteiger partial charge >= 0.3 is 0 Å². The lowest BCUT2D eigenvalue weighted by Gasteiger charge is -2.09. The van der Waals surface area contributed by atoms with Crippen LogP contribution in [0.3, 0.4) is 0 Å². The van der Waals surface area contributed by atoms with E-state index in [1.54, 1.807) is 36.4 Å². The maximum Gasteiger partial charge on any atom is 0.206 e. The number of rotatable bonds is 5. The van der Waals surface area contributed by atoms with Gasteiger partial charge < -0.3 is 9.84 Å². The van der Waals surface area contributed by atoms with E-state index in [4.69, 9.17) is 16.3 Å². The number of halogens is 1. The lowest BCUT2D eigenvalue weighted by Crippen LogP contribution is -2.01. The van der Waals surface area contributed by atoms with Gasteiger partial charge in [0.15, 0.2) is 0 Å². The molecule has 4 rings (SSSR count). The average Bonchev–Trinajstić information content (AvgIpc) is 2.76. The lowest BCUT2D eigenvalue weighted by molar-refractivity contribution is 0.475. The number of ether oxygens (including phenoxy) is 1. The fourth-order valence-corrected chi connectivity index (χ4v) is 4.33. The van der Waals surface area contributed by atoms with E-state index in [1.165, 1.54) is 24.3 Å². The molecule has 0 bridgehead atoms. The van der Waals surface area contributed by atoms with Crippen LogP contribution in [-0.2, 0) is 9.84 Å². The number of hydrogen-bond acceptors (Lipinski definition) is 4. The van der Waals surface area contributed by atoms with Crippen molar-refractivity contribution in [3.05, 3.63) is 102 Å². The summed E-state index contributed by atoms with van der Waals surface area (Å²) in [6.07, 6.45) is 0. The zero-order valence-electron chi connectivity index (χ0n) is 15.7. The normalized spacial score (nSPS) is 11.2. The van der Waals surface area contributed by atoms with Crippen molar-refractivity contribution < 1.29 is 18.3 Å². The summed E-state index contributed by atoms with van der Waals surface area (Å²) in [7, 11) is -3.62. The molecule has 150 valence electrons. The number of hydrogen-bond donors (Lipinski definition) is 1. The summed E-state index contributed by atoms with van der Waals surface area (Å²) in [5, 5.41) is 9.87. The van der Waals surface area contributed by atoms with Crippen molar-refractivity contribution >= 4 is 21.4 Å². The fraction of sp³-hybridized carbons (Fsp3) is 0. The van der Waals surface area contributed by atoms with Gasteiger partial charge in [0, 0.05) is 5.02 Å². The van der Waals surface area contributed by atoms with Crippen molar-refractivity contribution in [3.8, 4) is 28.4 Å². The predicted molar refractivity (Wildman–Crippen MR) is 117 cm³/mol. The summed E-state index contributed by atoms with van der Waals surface area (Å²) in [6.45, 7) is 0. The van der Waals surface area contributed by atoms with E-state index in [1.807, 2.05) is 36.4 Å². The first-order chi connectivity index (χ1) is 14.4. The zero-order valence-corrected chi connectivity index (χ0v) is 17.3. The minimum Gasteiger partial charge on any atom is -0.508 e. The van der Waals surface area contributed by atoms with Crippen LogP contribution in [0.4, 0.5) is 0 Å². The van der Waals surface area contributed by atoms with Crippen LogP contribution in [0.15, 0.2) is 107 Å². The smallest absolute Gasteiger partial charge is 0.206 e. The van der Waals surface area contributed by atoms with Gasteiger partial charge in [-0.3, -0.25) is 0 Å². The van der Waals surface area contributed by atoms with Crippen molar-refractivity contribution in [2.75, 3.05) is 0 Å². The molecule has 0 aliphatic carbocycles. The summed E-state index contributed by atoms with van der Waals surface area (Å²) >= 11 is 5.83. The summed E-state index contributed by atoms with van der Waals surface area (Å²) in [5.74, 6) is 1.38. The Bertz CT molecular complexity index is 1250. The quantitative estimate of drug-likeness (QED) is 0.396. The Morgan fingerprint density at radius 2 is 1.00 bits per heavy atom. The molecule has 0 aliphatic heterocycles. The highest BCUT2D eigenvalue weighted by Crippen LogP contribution is 2.29. The van der Waals surface area contributed by atoms with Gasteiger partial charge in [-0.05, 0) is 83.9 Å². The van der Waals surface area contributed by atoms with E-state index in [2.05, 4.69) is 0 Å². The molecular formula is C24H17ClO4S. The van der Waals surface area contributed by atoms with E-state index >= 15 is 0 Å². The standard InChI is InChI=1S/C24H17ClO4S/c25-19-5-13-23(14-6-19)30(27,28)24-15-11-22(12-16-24)29-21-9-3-18(4-10-21)17-1-7-20(26)8-2-17/h1-16,26H. The Hall–Kier alpha value is -3.28. The second kappa shape index (κ2) is 8.22. The van der Waals surface area contributed by atoms with Gasteiger partial charge in [-0.1, -0.05) is 35.9 Å². The van der Waals surface area contributed by atoms with Crippen molar-refractivity contribution in [3.63, 3.8) is 0 Å². The number of phenolic OH excluding ortho intramolecular Hbond substituents is 1. The average molecular weight is 437 g/mol. The van der Waals surface area contributed by atoms with Crippen molar-refractivity contribution in [1.29, 1.82) is 0 Å². The molecule has 4 aromatic rings. The van der Waals surface area contributed by atoms with E-state index in [-0.39, 0.29) is 15.5 Å². The monoisotopic (exact) mass is 436 g/mol. The number of phenols is 1. The highest BCUT2D eigenvalue weighted by Gasteiger charge is 2.17. The second-order valence-electron chi connectivity index (χ2n) is 6.60. The topological polar surface area (TPSA) is 63.6 Å². The molecule has 1 N–H and O–H groups in total. The summed E-state index contributed by atoms with van der Waals surface area (Å²) < 4.78 is 31.2. The first-order valence-corrected chi connectivity index (χ1v) is 11.0. The predicted octanol–water partition coefficient (Wildman–Crippen LogP) is 6.34. The van der Waals surface area contributed by atoms with Crippen molar-refractivity contribution in [1.82, 2.24) is 0 Å². The Morgan fingerprint density at radius 3 is 1.50 bits per heavy atom. The van der Waals surface area contributed by atoms with Gasteiger partial charge in [0.05, 0.1) is 9.79 Å². The van der Waals surface area contributed by atoms with Gasteiger partial charge in [0.1, 0.15) is 17.2 Å². The minimum atomic E-state index is -3.62. The van der Waals surface area contributed by atoms with Gasteiger partial charge in [-0.25, -0.2) is 8.42 Å². The third-order valence-corrected chi connectivity index (χ3v) is 6.59. The molecule has 0 saturated heterocycles. The summed E-state index contributed by atoms with van der Waals surface area (Å²) in [5.41, 5.74) is 1.97. The third-order valence-electron chi connectivity index (χ3n) is 4.55. The first-order valence-electron chi connectivity index (χ1n) is 9.10. The minimum absolute atomic E-state index is 0.180. The second-order valence-corrected chi connectivity index (χ2v) is 8.99. The van der Waals surface area contributed by atoms with Crippen LogP contribution < -0.4 is 4.74 Å². The number of aromatic hydroxyl groups is 1. The highest BCUT2D eigenvalue weighted by atomic mass is 35.5. The van der Waals surface area contributed by atoms with Crippen LogP contribution in [0.1, 0.15) is 0 Å². The largest absolute Gasteiger partial charge is 0.508 e. The Morgan fingerprint density at radius 1 is 0.600 bits per heavy atom. The molecule has 0 atom stereocenters. The Balaban J connectivity index is 1.49. The molecule has 30 heavy (non-hydrogen) atoms. The number of benzene rings is 4. The molecule has 0 heterocycles. The van der Waals surface area contributed by atoms with E-state index < -0.39 is 9.84 Å². The molecular weight excluding hydrogens is 420 g/mol. The molecule has 0 spiro atoms. The summed E-state index contributed by atoms with van der Waals surface area (Å²) in [6, 6.07) is 26.8. The van der Waals surface area contributed by atoms with Crippen LogP contribution in [0, 0.1) is 0 Å². The third kappa shape index (κ3) is 4.32. The van der Waals surface area contributed by atoms with Crippen LogP contribution in [0.5, 0.6) is 17.2 Å².